The molecule has 0 spiro atoms. The maximum atomic E-state index is 4.60. The van der Waals surface area contributed by atoms with Gasteiger partial charge >= 0.3 is 0 Å². The fourth-order valence-electron chi connectivity index (χ4n) is 1.68. The highest BCUT2D eigenvalue weighted by Crippen LogP contribution is 2.21. The zero-order valence-corrected chi connectivity index (χ0v) is 15.5. The lowest BCUT2D eigenvalue weighted by Gasteiger charge is -2.10. The molecule has 1 heterocycles. The molecule has 0 aliphatic heterocycles. The van der Waals surface area contributed by atoms with Crippen LogP contribution in [0, 0.1) is 0 Å². The first kappa shape index (κ1) is 17.9. The van der Waals surface area contributed by atoms with Crippen molar-refractivity contribution in [2.75, 3.05) is 31.6 Å². The number of hydrogen-bond acceptors (Lipinski definition) is 3. The molecule has 0 unspecified atom stereocenters. The predicted octanol–water partition coefficient (Wildman–Crippen LogP) is 3.75. The maximum Gasteiger partial charge on any atom is 0.191 e. The number of nitrogens with zero attached hydrogens (tertiary/aromatic N) is 1. The lowest BCUT2D eigenvalue weighted by molar-refractivity contribution is 0.773. The van der Waals surface area contributed by atoms with Gasteiger partial charge in [-0.25, -0.2) is 0 Å². The van der Waals surface area contributed by atoms with Crippen molar-refractivity contribution in [3.8, 4) is 0 Å². The molecule has 1 rings (SSSR count). The van der Waals surface area contributed by atoms with Gasteiger partial charge in [-0.1, -0.05) is 0 Å². The molecule has 0 radical (unpaired) electrons. The number of rotatable bonds is 9. The Balaban J connectivity index is 2.25. The molecule has 1 aromatic rings. The van der Waals surface area contributed by atoms with Gasteiger partial charge in [0.05, 0.1) is 3.79 Å². The van der Waals surface area contributed by atoms with E-state index in [0.29, 0.717) is 0 Å². The summed E-state index contributed by atoms with van der Waals surface area (Å²) in [5.41, 5.74) is 0. The third-order valence-electron chi connectivity index (χ3n) is 2.66. The molecular weight excluding hydrogens is 354 g/mol. The number of hydrogen-bond donors (Lipinski definition) is 2. The van der Waals surface area contributed by atoms with E-state index in [1.165, 1.54) is 20.8 Å². The largest absolute Gasteiger partial charge is 0.357 e. The van der Waals surface area contributed by atoms with Gasteiger partial charge < -0.3 is 10.6 Å². The van der Waals surface area contributed by atoms with Crippen LogP contribution in [-0.4, -0.2) is 37.6 Å². The van der Waals surface area contributed by atoms with Crippen LogP contribution in [-0.2, 0) is 6.42 Å². The molecule has 0 bridgehead atoms. The summed E-state index contributed by atoms with van der Waals surface area (Å²) >= 11 is 7.19. The van der Waals surface area contributed by atoms with Gasteiger partial charge in [0.15, 0.2) is 5.96 Å². The van der Waals surface area contributed by atoms with Crippen molar-refractivity contribution in [3.05, 3.63) is 20.8 Å². The number of halogens is 1. The topological polar surface area (TPSA) is 36.4 Å². The third kappa shape index (κ3) is 8.17. The summed E-state index contributed by atoms with van der Waals surface area (Å²) in [5.74, 6) is 2.17. The van der Waals surface area contributed by atoms with E-state index in [0.717, 1.165) is 38.4 Å². The molecule has 0 fully saturated rings. The van der Waals surface area contributed by atoms with Crippen LogP contribution in [0.2, 0.25) is 0 Å². The van der Waals surface area contributed by atoms with Crippen LogP contribution in [0.25, 0.3) is 0 Å². The fourth-order valence-corrected chi connectivity index (χ4v) is 3.66. The normalized spacial score (nSPS) is 11.7. The number of unbranched alkanes of at least 4 members (excludes halogenated alkanes) is 1. The lowest BCUT2D eigenvalue weighted by atomic mass is 10.3. The van der Waals surface area contributed by atoms with Crippen molar-refractivity contribution >= 4 is 45.0 Å². The van der Waals surface area contributed by atoms with Gasteiger partial charge in [-0.15, -0.1) is 11.3 Å². The first-order valence-corrected chi connectivity index (χ1v) is 10.0. The summed E-state index contributed by atoms with van der Waals surface area (Å²) in [4.78, 5) is 5.99. The van der Waals surface area contributed by atoms with Gasteiger partial charge in [0, 0.05) is 24.5 Å². The molecule has 114 valence electrons. The van der Waals surface area contributed by atoms with Crippen molar-refractivity contribution in [2.24, 2.45) is 4.99 Å². The monoisotopic (exact) mass is 377 g/mol. The number of thioether (sulfide) groups is 1. The van der Waals surface area contributed by atoms with Crippen LogP contribution in [0.5, 0.6) is 0 Å². The number of nitrogens with one attached hydrogen (secondary N) is 2. The summed E-state index contributed by atoms with van der Waals surface area (Å²) in [6.07, 6.45) is 5.59. The molecule has 3 nitrogen and oxygen atoms in total. The number of thiophene rings is 1. The smallest absolute Gasteiger partial charge is 0.191 e. The van der Waals surface area contributed by atoms with Crippen molar-refractivity contribution in [2.45, 2.75) is 26.2 Å². The van der Waals surface area contributed by atoms with Gasteiger partial charge in [-0.05, 0) is 66.3 Å². The highest BCUT2D eigenvalue weighted by atomic mass is 79.9. The molecule has 6 heteroatoms. The standard InChI is InChI=1S/C14H24BrN3S2/c1-3-16-14(17-9-4-5-11-19-2)18-10-8-12-6-7-13(15)20-12/h6-7H,3-5,8-11H2,1-2H3,(H2,16,17,18). The quantitative estimate of drug-likeness (QED) is 0.390. The number of aliphatic imine (C=N–C) groups is 1. The maximum absolute atomic E-state index is 4.60. The van der Waals surface area contributed by atoms with Crippen molar-refractivity contribution < 1.29 is 0 Å². The Morgan fingerprint density at radius 2 is 2.20 bits per heavy atom. The molecule has 0 saturated carbocycles. The van der Waals surface area contributed by atoms with Crippen LogP contribution in [0.3, 0.4) is 0 Å². The lowest BCUT2D eigenvalue weighted by Crippen LogP contribution is -2.38. The molecule has 0 aromatic carbocycles. The summed E-state index contributed by atoms with van der Waals surface area (Å²) in [5, 5.41) is 6.69. The Morgan fingerprint density at radius 1 is 1.35 bits per heavy atom. The first-order chi connectivity index (χ1) is 9.76. The zero-order chi connectivity index (χ0) is 14.6. The summed E-state index contributed by atoms with van der Waals surface area (Å²) in [6, 6.07) is 4.27. The Kier molecular flexibility index (Phi) is 10.2. The van der Waals surface area contributed by atoms with E-state index in [9.17, 15) is 0 Å². The third-order valence-corrected chi connectivity index (χ3v) is 5.04. The number of guanidine groups is 1. The molecule has 1 aromatic heterocycles. The molecule has 0 aliphatic rings. The SMILES string of the molecule is CCNC(=NCCCCSC)NCCc1ccc(Br)s1. The van der Waals surface area contributed by atoms with Gasteiger partial charge in [-0.3, -0.25) is 4.99 Å². The molecule has 20 heavy (non-hydrogen) atoms. The second-order valence-corrected chi connectivity index (χ2v) is 7.88. The molecule has 0 saturated heterocycles. The van der Waals surface area contributed by atoms with Gasteiger partial charge in [0.2, 0.25) is 0 Å². The van der Waals surface area contributed by atoms with E-state index in [4.69, 9.17) is 0 Å². The summed E-state index contributed by atoms with van der Waals surface area (Å²) in [7, 11) is 0. The van der Waals surface area contributed by atoms with Crippen molar-refractivity contribution in [1.29, 1.82) is 0 Å². The first-order valence-electron chi connectivity index (χ1n) is 7.01. The van der Waals surface area contributed by atoms with E-state index < -0.39 is 0 Å². The van der Waals surface area contributed by atoms with E-state index in [-0.39, 0.29) is 0 Å². The fraction of sp³-hybridized carbons (Fsp3) is 0.643. The van der Waals surface area contributed by atoms with Gasteiger partial charge in [-0.2, -0.15) is 11.8 Å². The molecule has 2 N–H and O–H groups in total. The second-order valence-electron chi connectivity index (χ2n) is 4.34. The molecule has 0 aliphatic carbocycles. The summed E-state index contributed by atoms with van der Waals surface area (Å²) in [6.45, 7) is 4.83. The Morgan fingerprint density at radius 3 is 2.85 bits per heavy atom. The zero-order valence-electron chi connectivity index (χ0n) is 12.2. The average molecular weight is 378 g/mol. The van der Waals surface area contributed by atoms with Crippen LogP contribution >= 0.6 is 39.0 Å². The highest BCUT2D eigenvalue weighted by molar-refractivity contribution is 9.11. The minimum absolute atomic E-state index is 0.903. The second kappa shape index (κ2) is 11.5. The Bertz CT molecular complexity index is 394. The average Bonchev–Trinajstić information content (AvgIpc) is 2.84. The van der Waals surface area contributed by atoms with Crippen LogP contribution < -0.4 is 10.6 Å². The van der Waals surface area contributed by atoms with Gasteiger partial charge in [0.1, 0.15) is 0 Å². The minimum Gasteiger partial charge on any atom is -0.357 e. The van der Waals surface area contributed by atoms with Gasteiger partial charge in [0.25, 0.3) is 0 Å². The Hall–Kier alpha value is -0.200. The minimum atomic E-state index is 0.903. The predicted molar refractivity (Wildman–Crippen MR) is 97.3 cm³/mol. The molecule has 0 amide bonds. The van der Waals surface area contributed by atoms with E-state index in [1.807, 2.05) is 11.8 Å². The summed E-state index contributed by atoms with van der Waals surface area (Å²) < 4.78 is 1.20. The highest BCUT2D eigenvalue weighted by Gasteiger charge is 2.00. The van der Waals surface area contributed by atoms with Crippen molar-refractivity contribution in [3.63, 3.8) is 0 Å². The van der Waals surface area contributed by atoms with Crippen LogP contribution in [0.4, 0.5) is 0 Å². The van der Waals surface area contributed by atoms with E-state index >= 15 is 0 Å². The van der Waals surface area contributed by atoms with Crippen LogP contribution in [0.15, 0.2) is 20.9 Å². The van der Waals surface area contributed by atoms with E-state index in [2.05, 4.69) is 56.9 Å². The molecule has 0 atom stereocenters. The molecular formula is C14H24BrN3S2. The van der Waals surface area contributed by atoms with Crippen molar-refractivity contribution in [1.82, 2.24) is 10.6 Å². The van der Waals surface area contributed by atoms with Crippen LogP contribution in [0.1, 0.15) is 24.6 Å². The Labute approximate surface area is 139 Å². The van der Waals surface area contributed by atoms with E-state index in [1.54, 1.807) is 11.3 Å².